The Bertz CT molecular complexity index is 573. The third-order valence-electron chi connectivity index (χ3n) is 2.96. The van der Waals surface area contributed by atoms with Crippen LogP contribution in [0.2, 0.25) is 0 Å². The van der Waals surface area contributed by atoms with Crippen LogP contribution in [0.25, 0.3) is 0 Å². The van der Waals surface area contributed by atoms with Crippen molar-refractivity contribution in [3.05, 3.63) is 33.8 Å². The van der Waals surface area contributed by atoms with Crippen molar-refractivity contribution in [1.29, 1.82) is 0 Å². The molecule has 2 rings (SSSR count). The molecule has 2 N–H and O–H groups in total. The molecule has 21 heavy (non-hydrogen) atoms. The van der Waals surface area contributed by atoms with E-state index in [-0.39, 0.29) is 0 Å². The van der Waals surface area contributed by atoms with Crippen molar-refractivity contribution < 1.29 is 14.2 Å². The van der Waals surface area contributed by atoms with Crippen molar-refractivity contribution >= 4 is 11.3 Å². The van der Waals surface area contributed by atoms with Gasteiger partial charge in [-0.25, -0.2) is 4.98 Å². The lowest BCUT2D eigenvalue weighted by atomic mass is 10.1. The quantitative estimate of drug-likeness (QED) is 0.851. The summed E-state index contributed by atoms with van der Waals surface area (Å²) in [5.74, 6) is 1.88. The summed E-state index contributed by atoms with van der Waals surface area (Å²) in [5.41, 5.74) is 7.65. The van der Waals surface area contributed by atoms with Crippen LogP contribution in [0, 0.1) is 6.92 Å². The van der Waals surface area contributed by atoms with Gasteiger partial charge in [-0.15, -0.1) is 11.3 Å². The molecular formula is C15H20N2O3S. The Hall–Kier alpha value is -1.79. The lowest BCUT2D eigenvalue weighted by Crippen LogP contribution is -2.05. The second-order valence-electron chi connectivity index (χ2n) is 4.54. The summed E-state index contributed by atoms with van der Waals surface area (Å²) >= 11 is 1.57. The average Bonchev–Trinajstić information content (AvgIpc) is 2.90. The second kappa shape index (κ2) is 7.28. The van der Waals surface area contributed by atoms with Crippen LogP contribution in [0.3, 0.4) is 0 Å². The van der Waals surface area contributed by atoms with Gasteiger partial charge in [0, 0.05) is 11.1 Å². The highest BCUT2D eigenvalue weighted by Gasteiger charge is 2.15. The number of nitrogens with two attached hydrogens (primary N) is 1. The summed E-state index contributed by atoms with van der Waals surface area (Å²) in [4.78, 5) is 4.38. The van der Waals surface area contributed by atoms with Gasteiger partial charge in [-0.1, -0.05) is 0 Å². The molecule has 0 bridgehead atoms. The zero-order valence-electron chi connectivity index (χ0n) is 12.5. The molecule has 0 aliphatic heterocycles. The molecule has 0 saturated carbocycles. The number of benzene rings is 1. The third-order valence-corrected chi connectivity index (χ3v) is 3.90. The van der Waals surface area contributed by atoms with E-state index < -0.39 is 0 Å². The first-order valence-corrected chi connectivity index (χ1v) is 7.54. The molecule has 0 unspecified atom stereocenters. The Balaban J connectivity index is 2.23. The van der Waals surface area contributed by atoms with E-state index in [9.17, 15) is 0 Å². The van der Waals surface area contributed by atoms with Crippen LogP contribution in [0.15, 0.2) is 17.5 Å². The van der Waals surface area contributed by atoms with E-state index in [1.54, 1.807) is 25.6 Å². The Kier molecular flexibility index (Phi) is 5.41. The molecule has 0 amide bonds. The van der Waals surface area contributed by atoms with Gasteiger partial charge in [-0.05, 0) is 37.6 Å². The topological polar surface area (TPSA) is 66.6 Å². The molecule has 0 aliphatic rings. The predicted molar refractivity (Wildman–Crippen MR) is 83.5 cm³/mol. The number of aromatic nitrogens is 1. The fourth-order valence-corrected chi connectivity index (χ4v) is 2.67. The Labute approximate surface area is 128 Å². The van der Waals surface area contributed by atoms with Crippen molar-refractivity contribution in [2.45, 2.75) is 20.0 Å². The number of methoxy groups -OCH3 is 2. The minimum Gasteiger partial charge on any atom is -0.493 e. The molecule has 1 aromatic heterocycles. The van der Waals surface area contributed by atoms with Crippen molar-refractivity contribution in [2.75, 3.05) is 20.8 Å². The first-order chi connectivity index (χ1) is 10.2. The summed E-state index contributed by atoms with van der Waals surface area (Å²) < 4.78 is 16.7. The minimum atomic E-state index is 0.390. The van der Waals surface area contributed by atoms with Gasteiger partial charge in [-0.3, -0.25) is 0 Å². The van der Waals surface area contributed by atoms with Crippen LogP contribution in [0.1, 0.15) is 16.3 Å². The molecule has 0 aliphatic carbocycles. The molecule has 0 spiro atoms. The molecule has 5 nitrogen and oxygen atoms in total. The van der Waals surface area contributed by atoms with Crippen LogP contribution >= 0.6 is 11.3 Å². The molecular weight excluding hydrogens is 288 g/mol. The normalized spacial score (nSPS) is 10.5. The standard InChI is InChI=1S/C15H20N2O3S/c1-10-9-21-14(17-10)8-20-15-12(18-2)6-11(4-5-16)7-13(15)19-3/h6-7,9H,4-5,8,16H2,1-3H3. The van der Waals surface area contributed by atoms with Gasteiger partial charge in [0.15, 0.2) is 11.5 Å². The number of hydrogen-bond donors (Lipinski definition) is 1. The smallest absolute Gasteiger partial charge is 0.203 e. The summed E-state index contributed by atoms with van der Waals surface area (Å²) in [6.07, 6.45) is 0.763. The number of hydrogen-bond acceptors (Lipinski definition) is 6. The minimum absolute atomic E-state index is 0.390. The lowest BCUT2D eigenvalue weighted by Gasteiger charge is -2.15. The van der Waals surface area contributed by atoms with Gasteiger partial charge in [0.25, 0.3) is 0 Å². The summed E-state index contributed by atoms with van der Waals surface area (Å²) in [6.45, 7) is 2.93. The zero-order chi connectivity index (χ0) is 15.2. The number of aryl methyl sites for hydroxylation is 1. The van der Waals surface area contributed by atoms with Crippen LogP contribution < -0.4 is 19.9 Å². The third kappa shape index (κ3) is 3.86. The van der Waals surface area contributed by atoms with Crippen LogP contribution in [0.4, 0.5) is 0 Å². The van der Waals surface area contributed by atoms with E-state index in [4.69, 9.17) is 19.9 Å². The van der Waals surface area contributed by atoms with E-state index in [0.717, 1.165) is 22.7 Å². The first kappa shape index (κ1) is 15.6. The Morgan fingerprint density at radius 1 is 1.19 bits per heavy atom. The monoisotopic (exact) mass is 308 g/mol. The summed E-state index contributed by atoms with van der Waals surface area (Å²) in [6, 6.07) is 3.86. The van der Waals surface area contributed by atoms with Gasteiger partial charge < -0.3 is 19.9 Å². The van der Waals surface area contributed by atoms with Gasteiger partial charge in [0.2, 0.25) is 5.75 Å². The summed E-state index contributed by atoms with van der Waals surface area (Å²) in [5, 5.41) is 2.92. The Morgan fingerprint density at radius 2 is 1.86 bits per heavy atom. The SMILES string of the molecule is COc1cc(CCN)cc(OC)c1OCc1nc(C)cs1. The van der Waals surface area contributed by atoms with E-state index in [0.29, 0.717) is 30.4 Å². The number of nitrogens with zero attached hydrogens (tertiary/aromatic N) is 1. The van der Waals surface area contributed by atoms with Crippen molar-refractivity contribution in [3.63, 3.8) is 0 Å². The maximum absolute atomic E-state index is 5.85. The predicted octanol–water partition coefficient (Wildman–Crippen LogP) is 2.55. The van der Waals surface area contributed by atoms with Gasteiger partial charge in [-0.2, -0.15) is 0 Å². The first-order valence-electron chi connectivity index (χ1n) is 6.66. The highest BCUT2D eigenvalue weighted by atomic mass is 32.1. The van der Waals surface area contributed by atoms with E-state index in [1.165, 1.54) is 0 Å². The number of rotatable bonds is 7. The van der Waals surface area contributed by atoms with Crippen molar-refractivity contribution in [1.82, 2.24) is 4.98 Å². The maximum atomic E-state index is 5.85. The van der Waals surface area contributed by atoms with Gasteiger partial charge in [0.1, 0.15) is 11.6 Å². The molecule has 114 valence electrons. The van der Waals surface area contributed by atoms with Crippen LogP contribution in [-0.2, 0) is 13.0 Å². The molecule has 0 atom stereocenters. The molecule has 6 heteroatoms. The molecule has 2 aromatic rings. The van der Waals surface area contributed by atoms with E-state index in [1.807, 2.05) is 24.4 Å². The van der Waals surface area contributed by atoms with Crippen LogP contribution in [-0.4, -0.2) is 25.7 Å². The van der Waals surface area contributed by atoms with Gasteiger partial charge >= 0.3 is 0 Å². The maximum Gasteiger partial charge on any atom is 0.203 e. The average molecular weight is 308 g/mol. The molecule has 1 heterocycles. The lowest BCUT2D eigenvalue weighted by molar-refractivity contribution is 0.265. The largest absolute Gasteiger partial charge is 0.493 e. The highest BCUT2D eigenvalue weighted by molar-refractivity contribution is 7.09. The van der Waals surface area contributed by atoms with Crippen molar-refractivity contribution in [3.8, 4) is 17.2 Å². The summed E-state index contributed by atoms with van der Waals surface area (Å²) in [7, 11) is 3.22. The van der Waals surface area contributed by atoms with E-state index in [2.05, 4.69) is 4.98 Å². The zero-order valence-corrected chi connectivity index (χ0v) is 13.3. The molecule has 1 aromatic carbocycles. The molecule has 0 radical (unpaired) electrons. The van der Waals surface area contributed by atoms with Gasteiger partial charge in [0.05, 0.1) is 14.2 Å². The Morgan fingerprint density at radius 3 is 2.33 bits per heavy atom. The molecule has 0 saturated heterocycles. The second-order valence-corrected chi connectivity index (χ2v) is 5.48. The number of thiazole rings is 1. The fraction of sp³-hybridized carbons (Fsp3) is 0.400. The van der Waals surface area contributed by atoms with Crippen molar-refractivity contribution in [2.24, 2.45) is 5.73 Å². The fourth-order valence-electron chi connectivity index (χ4n) is 1.99. The highest BCUT2D eigenvalue weighted by Crippen LogP contribution is 2.39. The molecule has 0 fully saturated rings. The van der Waals surface area contributed by atoms with Crippen LogP contribution in [0.5, 0.6) is 17.2 Å². The number of ether oxygens (including phenoxy) is 3. The van der Waals surface area contributed by atoms with E-state index >= 15 is 0 Å².